The van der Waals surface area contributed by atoms with Gasteiger partial charge in [0.1, 0.15) is 35.8 Å². The van der Waals surface area contributed by atoms with Crippen molar-refractivity contribution in [3.63, 3.8) is 0 Å². The first-order valence-corrected chi connectivity index (χ1v) is 9.49. The fourth-order valence-corrected chi connectivity index (χ4v) is 3.20. The number of alkyl halides is 2. The van der Waals surface area contributed by atoms with E-state index in [0.29, 0.717) is 16.8 Å². The van der Waals surface area contributed by atoms with Crippen molar-refractivity contribution in [2.45, 2.75) is 12.6 Å². The third-order valence-corrected chi connectivity index (χ3v) is 4.64. The van der Waals surface area contributed by atoms with Gasteiger partial charge in [-0.2, -0.15) is 5.10 Å². The molecule has 3 aromatic heterocycles. The first kappa shape index (κ1) is 20.7. The topological polar surface area (TPSA) is 98.7 Å². The maximum absolute atomic E-state index is 12.7. The molecule has 1 amide bonds. The lowest BCUT2D eigenvalue weighted by Crippen LogP contribution is -2.22. The Kier molecular flexibility index (Phi) is 5.81. The third kappa shape index (κ3) is 4.19. The van der Waals surface area contributed by atoms with E-state index in [2.05, 4.69) is 15.4 Å². The Balaban J connectivity index is 1.55. The number of hydrogen-bond donors (Lipinski definition) is 1. The number of carbonyl (C=O) groups is 2. The number of amides is 1. The Bertz CT molecular complexity index is 1270. The number of fused-ring (bicyclic) bond motifs is 2. The van der Waals surface area contributed by atoms with Crippen LogP contribution in [0.1, 0.15) is 26.5 Å². The second kappa shape index (κ2) is 8.68. The average Bonchev–Trinajstić information content (AvgIpc) is 3.39. The molecule has 1 aromatic carbocycles. The lowest BCUT2D eigenvalue weighted by molar-refractivity contribution is 0.0173. The molecule has 160 valence electrons. The van der Waals surface area contributed by atoms with Crippen molar-refractivity contribution in [3.8, 4) is 0 Å². The molecule has 8 nitrogen and oxygen atoms in total. The molecule has 0 saturated carbocycles. The van der Waals surface area contributed by atoms with E-state index in [4.69, 9.17) is 20.8 Å². The molecule has 0 saturated heterocycles. The number of carbonyl (C=O) groups excluding carboxylic acids is 2. The molecule has 0 spiro atoms. The van der Waals surface area contributed by atoms with Crippen LogP contribution in [0.25, 0.3) is 16.6 Å². The number of aromatic nitrogens is 3. The molecule has 0 unspecified atom stereocenters. The largest absolute Gasteiger partial charge is 0.458 e. The maximum atomic E-state index is 12.7. The fourth-order valence-electron chi connectivity index (χ4n) is 2.98. The lowest BCUT2D eigenvalue weighted by Gasteiger charge is -2.11. The number of halogens is 3. The van der Waals surface area contributed by atoms with Crippen molar-refractivity contribution < 1.29 is 27.5 Å². The Hall–Kier alpha value is -3.53. The molecular weight excluding hydrogens is 434 g/mol. The zero-order chi connectivity index (χ0) is 22.0. The van der Waals surface area contributed by atoms with Gasteiger partial charge in [0.2, 0.25) is 0 Å². The number of furan rings is 1. The van der Waals surface area contributed by atoms with E-state index in [1.807, 2.05) is 0 Å². The van der Waals surface area contributed by atoms with Crippen LogP contribution in [0, 0.1) is 0 Å². The highest BCUT2D eigenvalue weighted by atomic mass is 35.5. The molecule has 0 atom stereocenters. The Labute approximate surface area is 178 Å². The summed E-state index contributed by atoms with van der Waals surface area (Å²) in [5.74, 6) is -1.05. The van der Waals surface area contributed by atoms with Crippen LogP contribution in [0.3, 0.4) is 0 Å². The van der Waals surface area contributed by atoms with E-state index in [1.54, 1.807) is 30.6 Å². The van der Waals surface area contributed by atoms with E-state index in [0.717, 1.165) is 0 Å². The van der Waals surface area contributed by atoms with Gasteiger partial charge < -0.3 is 14.5 Å². The Morgan fingerprint density at radius 2 is 2.03 bits per heavy atom. The number of esters is 1. The summed E-state index contributed by atoms with van der Waals surface area (Å²) < 4.78 is 37.4. The van der Waals surface area contributed by atoms with Gasteiger partial charge in [-0.25, -0.2) is 23.1 Å². The summed E-state index contributed by atoms with van der Waals surface area (Å²) in [5.41, 5.74) is 0.746. The predicted octanol–water partition coefficient (Wildman–Crippen LogP) is 3.52. The predicted molar refractivity (Wildman–Crippen MR) is 107 cm³/mol. The van der Waals surface area contributed by atoms with Crippen LogP contribution < -0.4 is 5.32 Å². The first-order valence-electron chi connectivity index (χ1n) is 9.11. The summed E-state index contributed by atoms with van der Waals surface area (Å²) in [7, 11) is 0. The van der Waals surface area contributed by atoms with Crippen molar-refractivity contribution in [1.82, 2.24) is 19.9 Å². The summed E-state index contributed by atoms with van der Waals surface area (Å²) in [4.78, 5) is 29.0. The van der Waals surface area contributed by atoms with Crippen LogP contribution in [0.5, 0.6) is 0 Å². The normalized spacial score (nSPS) is 11.4. The molecule has 0 aliphatic carbocycles. The second-order valence-electron chi connectivity index (χ2n) is 6.55. The minimum Gasteiger partial charge on any atom is -0.458 e. The minimum absolute atomic E-state index is 0.00137. The average molecular weight is 449 g/mol. The highest BCUT2D eigenvalue weighted by molar-refractivity contribution is 6.32. The number of rotatable bonds is 7. The lowest BCUT2D eigenvalue weighted by atomic mass is 10.1. The van der Waals surface area contributed by atoms with Gasteiger partial charge in [-0.15, -0.1) is 0 Å². The number of hydrogen-bond acceptors (Lipinski definition) is 6. The summed E-state index contributed by atoms with van der Waals surface area (Å²) in [6, 6.07) is 6.12. The van der Waals surface area contributed by atoms with Gasteiger partial charge in [-0.3, -0.25) is 4.79 Å². The standard InChI is InChI=1S/C20H15ClF2N4O4/c21-12-4-11-5-13(30-17(11)15(6-12)20(29)31-14(7-22)8-23)9-25-19(28)16-10-26-27-3-1-2-24-18(16)27/h1-6,10,14H,7-9H2,(H,25,28). The number of ether oxygens (including phenoxy) is 1. The van der Waals surface area contributed by atoms with Crippen LogP contribution in [-0.4, -0.2) is 45.9 Å². The number of benzene rings is 1. The molecule has 0 bridgehead atoms. The zero-order valence-electron chi connectivity index (χ0n) is 15.8. The first-order chi connectivity index (χ1) is 15.0. The smallest absolute Gasteiger partial charge is 0.342 e. The van der Waals surface area contributed by atoms with Crippen LogP contribution in [0.2, 0.25) is 5.02 Å². The second-order valence-corrected chi connectivity index (χ2v) is 6.99. The number of nitrogens with zero attached hydrogens (tertiary/aromatic N) is 3. The van der Waals surface area contributed by atoms with E-state index in [-0.39, 0.29) is 28.3 Å². The molecule has 11 heteroatoms. The van der Waals surface area contributed by atoms with E-state index < -0.39 is 31.3 Å². The summed E-state index contributed by atoms with van der Waals surface area (Å²) in [6.45, 7) is -2.30. The SMILES string of the molecule is O=C(OC(CF)CF)c1cc(Cl)cc2cc(CNC(=O)c3cnn4cccnc34)oc12. The quantitative estimate of drug-likeness (QED) is 0.434. The van der Waals surface area contributed by atoms with Crippen molar-refractivity contribution in [1.29, 1.82) is 0 Å². The molecule has 4 rings (SSSR count). The highest BCUT2D eigenvalue weighted by Gasteiger charge is 2.22. The van der Waals surface area contributed by atoms with Crippen LogP contribution in [0.4, 0.5) is 8.78 Å². The minimum atomic E-state index is -1.50. The molecule has 0 aliphatic rings. The molecule has 3 heterocycles. The molecule has 0 radical (unpaired) electrons. The van der Waals surface area contributed by atoms with E-state index >= 15 is 0 Å². The van der Waals surface area contributed by atoms with Gasteiger partial charge in [0.05, 0.1) is 12.7 Å². The van der Waals surface area contributed by atoms with Crippen molar-refractivity contribution in [3.05, 3.63) is 64.8 Å². The zero-order valence-corrected chi connectivity index (χ0v) is 16.6. The van der Waals surface area contributed by atoms with Crippen molar-refractivity contribution in [2.24, 2.45) is 0 Å². The van der Waals surface area contributed by atoms with Crippen molar-refractivity contribution in [2.75, 3.05) is 13.3 Å². The van der Waals surface area contributed by atoms with Crippen LogP contribution in [0.15, 0.2) is 47.3 Å². The maximum Gasteiger partial charge on any atom is 0.342 e. The van der Waals surface area contributed by atoms with E-state index in [1.165, 1.54) is 16.8 Å². The molecule has 0 aliphatic heterocycles. The van der Waals surface area contributed by atoms with Gasteiger partial charge in [-0.1, -0.05) is 11.6 Å². The molecule has 31 heavy (non-hydrogen) atoms. The van der Waals surface area contributed by atoms with Crippen molar-refractivity contribution >= 4 is 40.1 Å². The third-order valence-electron chi connectivity index (χ3n) is 4.42. The van der Waals surface area contributed by atoms with Gasteiger partial charge in [-0.05, 0) is 24.3 Å². The number of nitrogens with one attached hydrogen (secondary N) is 1. The summed E-state index contributed by atoms with van der Waals surface area (Å²) in [6.07, 6.45) is 3.11. The monoisotopic (exact) mass is 448 g/mol. The van der Waals surface area contributed by atoms with Gasteiger partial charge in [0, 0.05) is 22.8 Å². The molecular formula is C20H15ClF2N4O4. The Morgan fingerprint density at radius 1 is 1.23 bits per heavy atom. The van der Waals surface area contributed by atoms with Gasteiger partial charge in [0.25, 0.3) is 5.91 Å². The van der Waals surface area contributed by atoms with Crippen LogP contribution >= 0.6 is 11.6 Å². The molecule has 0 fully saturated rings. The van der Waals surface area contributed by atoms with Crippen LogP contribution in [-0.2, 0) is 11.3 Å². The van der Waals surface area contributed by atoms with Gasteiger partial charge >= 0.3 is 5.97 Å². The van der Waals surface area contributed by atoms with Gasteiger partial charge in [0.15, 0.2) is 11.8 Å². The fraction of sp³-hybridized carbons (Fsp3) is 0.200. The highest BCUT2D eigenvalue weighted by Crippen LogP contribution is 2.28. The van der Waals surface area contributed by atoms with E-state index in [9.17, 15) is 18.4 Å². The molecule has 4 aromatic rings. The summed E-state index contributed by atoms with van der Waals surface area (Å²) >= 11 is 6.05. The summed E-state index contributed by atoms with van der Waals surface area (Å²) in [5, 5.41) is 7.44. The Morgan fingerprint density at radius 3 is 2.81 bits per heavy atom. The molecule has 1 N–H and O–H groups in total.